The van der Waals surface area contributed by atoms with E-state index in [9.17, 15) is 9.90 Å². The number of carbonyl (C=O) groups excluding carboxylic acids is 1. The molecule has 2 heteroatoms. The highest BCUT2D eigenvalue weighted by Gasteiger charge is 2.21. The predicted octanol–water partition coefficient (Wildman–Crippen LogP) is 6.20. The van der Waals surface area contributed by atoms with Gasteiger partial charge in [-0.2, -0.15) is 0 Å². The molecule has 0 bridgehead atoms. The van der Waals surface area contributed by atoms with Gasteiger partial charge in [-0.15, -0.1) is 0 Å². The summed E-state index contributed by atoms with van der Waals surface area (Å²) in [4.78, 5) is 12.1. The Bertz CT molecular complexity index is 288. The smallest absolute Gasteiger partial charge is 0.161 e. The van der Waals surface area contributed by atoms with Gasteiger partial charge in [0, 0.05) is 6.42 Å². The average molecular weight is 325 g/mol. The normalized spacial score (nSPS) is 29.0. The van der Waals surface area contributed by atoms with E-state index in [-0.39, 0.29) is 11.7 Å². The van der Waals surface area contributed by atoms with Gasteiger partial charge in [0.1, 0.15) is 6.10 Å². The Hall–Kier alpha value is -0.370. The van der Waals surface area contributed by atoms with E-state index < -0.39 is 6.10 Å². The van der Waals surface area contributed by atoms with Crippen molar-refractivity contribution < 1.29 is 9.90 Å². The van der Waals surface area contributed by atoms with E-state index in [0.29, 0.717) is 6.42 Å². The van der Waals surface area contributed by atoms with Crippen molar-refractivity contribution in [3.8, 4) is 0 Å². The number of carbonyl (C=O) groups is 1. The van der Waals surface area contributed by atoms with Crippen molar-refractivity contribution in [3.05, 3.63) is 0 Å². The van der Waals surface area contributed by atoms with Crippen LogP contribution in [0.2, 0.25) is 0 Å². The fourth-order valence-corrected chi connectivity index (χ4v) is 3.69. The maximum absolute atomic E-state index is 12.1. The van der Waals surface area contributed by atoms with Crippen LogP contribution in [0, 0.1) is 5.92 Å². The van der Waals surface area contributed by atoms with Crippen LogP contribution in [0.5, 0.6) is 0 Å². The summed E-state index contributed by atoms with van der Waals surface area (Å²) in [5, 5.41) is 10.2. The second-order valence-corrected chi connectivity index (χ2v) is 7.73. The van der Waals surface area contributed by atoms with Gasteiger partial charge in [-0.1, -0.05) is 96.8 Å². The Labute approximate surface area is 144 Å². The average Bonchev–Trinajstić information content (AvgIpc) is 2.55. The largest absolute Gasteiger partial charge is 0.385 e. The van der Waals surface area contributed by atoms with Crippen LogP contribution in [0.4, 0.5) is 0 Å². The molecule has 1 fully saturated rings. The minimum Gasteiger partial charge on any atom is -0.385 e. The van der Waals surface area contributed by atoms with E-state index in [4.69, 9.17) is 0 Å². The third-order valence-electron chi connectivity index (χ3n) is 5.45. The van der Waals surface area contributed by atoms with E-state index in [1.165, 1.54) is 77.0 Å². The molecule has 0 radical (unpaired) electrons. The molecule has 23 heavy (non-hydrogen) atoms. The molecule has 1 aliphatic rings. The number of ketones is 1. The lowest BCUT2D eigenvalue weighted by atomic mass is 9.92. The van der Waals surface area contributed by atoms with Crippen LogP contribution < -0.4 is 0 Å². The van der Waals surface area contributed by atoms with Crippen LogP contribution >= 0.6 is 0 Å². The summed E-state index contributed by atoms with van der Waals surface area (Å²) >= 11 is 0. The fraction of sp³-hybridized carbons (Fsp3) is 0.952. The molecular formula is C21H40O2. The van der Waals surface area contributed by atoms with Crippen molar-refractivity contribution in [2.24, 2.45) is 5.92 Å². The minimum absolute atomic E-state index is 0.0758. The Kier molecular flexibility index (Phi) is 12.6. The standard InChI is InChI=1S/C21H40O2/c1-19-17-15-13-11-9-7-5-3-2-4-6-8-10-12-14-16-18-20(22)21(19)23/h19,21,23H,2-18H2,1H3. The highest BCUT2D eigenvalue weighted by Crippen LogP contribution is 2.19. The number of aliphatic hydroxyl groups is 1. The molecule has 2 nitrogen and oxygen atoms in total. The first kappa shape index (κ1) is 20.7. The summed E-state index contributed by atoms with van der Waals surface area (Å²) in [5.41, 5.74) is 0. The molecule has 1 saturated carbocycles. The number of Topliss-reactive ketones (excluding diaryl/α,β-unsaturated/α-hetero) is 1. The lowest BCUT2D eigenvalue weighted by Crippen LogP contribution is -2.27. The van der Waals surface area contributed by atoms with Crippen LogP contribution in [-0.2, 0) is 4.79 Å². The van der Waals surface area contributed by atoms with Crippen LogP contribution in [-0.4, -0.2) is 17.0 Å². The van der Waals surface area contributed by atoms with Gasteiger partial charge >= 0.3 is 0 Å². The maximum atomic E-state index is 12.1. The zero-order valence-electron chi connectivity index (χ0n) is 15.5. The van der Waals surface area contributed by atoms with Crippen LogP contribution in [0.1, 0.15) is 116 Å². The van der Waals surface area contributed by atoms with E-state index in [2.05, 4.69) is 0 Å². The van der Waals surface area contributed by atoms with Crippen molar-refractivity contribution in [1.82, 2.24) is 0 Å². The van der Waals surface area contributed by atoms with Gasteiger partial charge in [-0.3, -0.25) is 4.79 Å². The molecule has 0 aromatic rings. The lowest BCUT2D eigenvalue weighted by molar-refractivity contribution is -0.129. The van der Waals surface area contributed by atoms with Gasteiger partial charge in [0.15, 0.2) is 5.78 Å². The first-order valence-corrected chi connectivity index (χ1v) is 10.4. The second-order valence-electron chi connectivity index (χ2n) is 7.73. The molecule has 0 aromatic carbocycles. The molecule has 0 heterocycles. The van der Waals surface area contributed by atoms with Crippen molar-refractivity contribution >= 4 is 5.78 Å². The molecule has 0 spiro atoms. The summed E-state index contributed by atoms with van der Waals surface area (Å²) < 4.78 is 0. The molecule has 2 unspecified atom stereocenters. The molecule has 1 aliphatic carbocycles. The van der Waals surface area contributed by atoms with E-state index >= 15 is 0 Å². The van der Waals surface area contributed by atoms with Crippen molar-refractivity contribution in [2.75, 3.05) is 0 Å². The van der Waals surface area contributed by atoms with E-state index in [1.54, 1.807) is 0 Å². The minimum atomic E-state index is -0.722. The van der Waals surface area contributed by atoms with Gasteiger partial charge < -0.3 is 5.11 Å². The molecule has 136 valence electrons. The van der Waals surface area contributed by atoms with Crippen molar-refractivity contribution in [2.45, 2.75) is 122 Å². The lowest BCUT2D eigenvalue weighted by Gasteiger charge is -2.17. The van der Waals surface area contributed by atoms with E-state index in [0.717, 1.165) is 25.7 Å². The Morgan fingerprint density at radius 1 is 0.652 bits per heavy atom. The highest BCUT2D eigenvalue weighted by molar-refractivity contribution is 5.82. The highest BCUT2D eigenvalue weighted by atomic mass is 16.3. The summed E-state index contributed by atoms with van der Waals surface area (Å²) in [6, 6.07) is 0. The van der Waals surface area contributed by atoms with Crippen LogP contribution in [0.25, 0.3) is 0 Å². The van der Waals surface area contributed by atoms with Crippen molar-refractivity contribution in [1.29, 1.82) is 0 Å². The molecule has 2 atom stereocenters. The van der Waals surface area contributed by atoms with Gasteiger partial charge in [0.05, 0.1) is 0 Å². The molecule has 0 aliphatic heterocycles. The number of rotatable bonds is 0. The SMILES string of the molecule is CC1CCCCCCCCCCCCCCCCCC(=O)C1O. The molecule has 0 aromatic heterocycles. The second kappa shape index (κ2) is 14.0. The molecule has 1 N–H and O–H groups in total. The number of hydrogen-bond acceptors (Lipinski definition) is 2. The van der Waals surface area contributed by atoms with Gasteiger partial charge in [0.2, 0.25) is 0 Å². The first-order chi connectivity index (χ1) is 11.2. The van der Waals surface area contributed by atoms with Crippen LogP contribution in [0.3, 0.4) is 0 Å². The monoisotopic (exact) mass is 324 g/mol. The zero-order chi connectivity index (χ0) is 16.8. The fourth-order valence-electron chi connectivity index (χ4n) is 3.69. The summed E-state index contributed by atoms with van der Waals surface area (Å²) in [6.07, 6.45) is 20.4. The number of hydrogen-bond donors (Lipinski definition) is 1. The van der Waals surface area contributed by atoms with Gasteiger partial charge in [0.25, 0.3) is 0 Å². The Morgan fingerprint density at radius 3 is 1.43 bits per heavy atom. The van der Waals surface area contributed by atoms with Crippen LogP contribution in [0.15, 0.2) is 0 Å². The topological polar surface area (TPSA) is 37.3 Å². The van der Waals surface area contributed by atoms with Gasteiger partial charge in [-0.25, -0.2) is 0 Å². The van der Waals surface area contributed by atoms with Crippen molar-refractivity contribution in [3.63, 3.8) is 0 Å². The first-order valence-electron chi connectivity index (χ1n) is 10.4. The molecule has 1 rings (SSSR count). The zero-order valence-corrected chi connectivity index (χ0v) is 15.5. The Balaban J connectivity index is 2.27. The quantitative estimate of drug-likeness (QED) is 0.576. The number of aliphatic hydroxyl groups excluding tert-OH is 1. The third kappa shape index (κ3) is 10.9. The molecule has 0 saturated heterocycles. The summed E-state index contributed by atoms with van der Waals surface area (Å²) in [6.45, 7) is 2.04. The Morgan fingerprint density at radius 2 is 1.00 bits per heavy atom. The summed E-state index contributed by atoms with van der Waals surface area (Å²) in [7, 11) is 0. The molecular weight excluding hydrogens is 284 g/mol. The van der Waals surface area contributed by atoms with E-state index in [1.807, 2.05) is 6.92 Å². The third-order valence-corrected chi connectivity index (χ3v) is 5.45. The maximum Gasteiger partial charge on any atom is 0.161 e. The predicted molar refractivity (Wildman–Crippen MR) is 98.7 cm³/mol. The molecule has 0 amide bonds. The van der Waals surface area contributed by atoms with Gasteiger partial charge in [-0.05, 0) is 18.8 Å². The summed E-state index contributed by atoms with van der Waals surface area (Å²) in [5.74, 6) is 0.208.